The summed E-state index contributed by atoms with van der Waals surface area (Å²) in [6, 6.07) is 17.7. The van der Waals surface area contributed by atoms with E-state index in [0.717, 1.165) is 33.1 Å². The molecule has 5 heteroatoms. The van der Waals surface area contributed by atoms with Gasteiger partial charge in [0.25, 0.3) is 0 Å². The first-order valence-corrected chi connectivity index (χ1v) is 9.86. The molecule has 3 N–H and O–H groups in total. The fourth-order valence-corrected chi connectivity index (χ4v) is 2.75. The summed E-state index contributed by atoms with van der Waals surface area (Å²) in [7, 11) is 1.86. The van der Waals surface area contributed by atoms with Crippen molar-refractivity contribution in [3.8, 4) is 0 Å². The third-order valence-electron chi connectivity index (χ3n) is 4.35. The highest BCUT2D eigenvalue weighted by Gasteiger charge is 2.09. The average Bonchev–Trinajstić information content (AvgIpc) is 2.70. The summed E-state index contributed by atoms with van der Waals surface area (Å²) >= 11 is 6.06. The number of hydrogen-bond donors (Lipinski definition) is 2. The highest BCUT2D eigenvalue weighted by atomic mass is 35.5. The normalized spacial score (nSPS) is 13.4. The molecule has 1 unspecified atom stereocenters. The fourth-order valence-electron chi connectivity index (χ4n) is 2.56. The Bertz CT molecular complexity index is 900. The minimum Gasteiger partial charge on any atom is -0.359 e. The first-order valence-electron chi connectivity index (χ1n) is 9.48. The number of rotatable bonds is 9. The van der Waals surface area contributed by atoms with Gasteiger partial charge >= 0.3 is 0 Å². The van der Waals surface area contributed by atoms with Gasteiger partial charge < -0.3 is 11.1 Å². The van der Waals surface area contributed by atoms with Gasteiger partial charge in [0.15, 0.2) is 0 Å². The predicted molar refractivity (Wildman–Crippen MR) is 127 cm³/mol. The van der Waals surface area contributed by atoms with Gasteiger partial charge in [0.1, 0.15) is 0 Å². The topological polar surface area (TPSA) is 53.6 Å². The molecule has 0 aliphatic rings. The molecule has 0 spiro atoms. The second-order valence-electron chi connectivity index (χ2n) is 6.95. The van der Waals surface area contributed by atoms with E-state index in [1.807, 2.05) is 74.6 Å². The van der Waals surface area contributed by atoms with Crippen molar-refractivity contribution < 1.29 is 0 Å². The standard InChI is InChI=1S/C24H29ClN4/c1-18(13-14-19(2)21-9-8-10-22(25)16-21)17-27-29(4)24(26)15-20(3)28-23-11-6-5-7-12-23/h5-14,16-17,24,28H,3,15,26H2,1-2,4H3/b18-13+,19-14+,27-17+. The Morgan fingerprint density at radius 3 is 2.59 bits per heavy atom. The van der Waals surface area contributed by atoms with Crippen molar-refractivity contribution in [2.75, 3.05) is 12.4 Å². The number of hydrogen-bond acceptors (Lipinski definition) is 4. The van der Waals surface area contributed by atoms with Crippen molar-refractivity contribution in [3.05, 3.63) is 95.2 Å². The van der Waals surface area contributed by atoms with E-state index >= 15 is 0 Å². The fraction of sp³-hybridized carbons (Fsp3) is 0.208. The zero-order valence-corrected chi connectivity index (χ0v) is 18.0. The molecule has 0 aliphatic heterocycles. The van der Waals surface area contributed by atoms with Gasteiger partial charge in [-0.25, -0.2) is 0 Å². The van der Waals surface area contributed by atoms with Gasteiger partial charge in [0.2, 0.25) is 0 Å². The number of anilines is 1. The maximum atomic E-state index is 6.24. The summed E-state index contributed by atoms with van der Waals surface area (Å²) in [5.74, 6) is 0. The number of nitrogens with zero attached hydrogens (tertiary/aromatic N) is 2. The van der Waals surface area contributed by atoms with E-state index in [2.05, 4.69) is 30.0 Å². The molecule has 0 heterocycles. The number of hydrazone groups is 1. The van der Waals surface area contributed by atoms with Crippen LogP contribution in [0.25, 0.3) is 5.57 Å². The van der Waals surface area contributed by atoms with Gasteiger partial charge in [0.05, 0.1) is 6.17 Å². The van der Waals surface area contributed by atoms with Crippen molar-refractivity contribution in [1.29, 1.82) is 0 Å². The van der Waals surface area contributed by atoms with E-state index < -0.39 is 0 Å². The van der Waals surface area contributed by atoms with E-state index in [0.29, 0.717) is 6.42 Å². The van der Waals surface area contributed by atoms with Gasteiger partial charge in [-0.05, 0) is 54.8 Å². The van der Waals surface area contributed by atoms with E-state index in [9.17, 15) is 0 Å². The molecule has 29 heavy (non-hydrogen) atoms. The lowest BCUT2D eigenvalue weighted by atomic mass is 10.1. The molecule has 0 amide bonds. The van der Waals surface area contributed by atoms with Crippen LogP contribution < -0.4 is 11.1 Å². The molecule has 0 aromatic heterocycles. The van der Waals surface area contributed by atoms with E-state index in [1.165, 1.54) is 0 Å². The molecule has 2 rings (SSSR count). The van der Waals surface area contributed by atoms with Crippen LogP contribution in [0.4, 0.5) is 5.69 Å². The molecule has 0 saturated heterocycles. The second kappa shape index (κ2) is 11.2. The molecule has 0 fully saturated rings. The Kier molecular flexibility index (Phi) is 8.71. The minimum absolute atomic E-state index is 0.272. The lowest BCUT2D eigenvalue weighted by molar-refractivity contribution is 0.259. The summed E-state index contributed by atoms with van der Waals surface area (Å²) in [6.45, 7) is 8.11. The quantitative estimate of drug-likeness (QED) is 0.235. The molecule has 1 atom stereocenters. The molecular formula is C24H29ClN4. The Hall–Kier alpha value is -2.82. The van der Waals surface area contributed by atoms with Crippen LogP contribution in [-0.4, -0.2) is 24.4 Å². The lowest BCUT2D eigenvalue weighted by Gasteiger charge is -2.23. The van der Waals surface area contributed by atoms with Crippen LogP contribution in [0.2, 0.25) is 5.02 Å². The number of nitrogens with one attached hydrogen (secondary N) is 1. The number of benzene rings is 2. The van der Waals surface area contributed by atoms with E-state index in [4.69, 9.17) is 17.3 Å². The zero-order valence-electron chi connectivity index (χ0n) is 17.3. The number of halogens is 1. The first-order chi connectivity index (χ1) is 13.8. The molecule has 0 bridgehead atoms. The van der Waals surface area contributed by atoms with Crippen LogP contribution in [0.5, 0.6) is 0 Å². The molecule has 0 aliphatic carbocycles. The van der Waals surface area contributed by atoms with E-state index in [1.54, 1.807) is 11.2 Å². The highest BCUT2D eigenvalue weighted by molar-refractivity contribution is 6.30. The number of nitrogens with two attached hydrogens (primary N) is 1. The first kappa shape index (κ1) is 22.5. The van der Waals surface area contributed by atoms with Crippen molar-refractivity contribution in [1.82, 2.24) is 5.01 Å². The molecule has 2 aromatic rings. The maximum Gasteiger partial charge on any atom is 0.0990 e. The molecule has 4 nitrogen and oxygen atoms in total. The van der Waals surface area contributed by atoms with Crippen LogP contribution in [0, 0.1) is 0 Å². The van der Waals surface area contributed by atoms with Crippen molar-refractivity contribution in [2.45, 2.75) is 26.4 Å². The van der Waals surface area contributed by atoms with Crippen LogP contribution in [-0.2, 0) is 0 Å². The Morgan fingerprint density at radius 2 is 1.90 bits per heavy atom. The highest BCUT2D eigenvalue weighted by Crippen LogP contribution is 2.18. The van der Waals surface area contributed by atoms with Crippen LogP contribution in [0.15, 0.2) is 89.7 Å². The van der Waals surface area contributed by atoms with Gasteiger partial charge in [-0.15, -0.1) is 0 Å². The summed E-state index contributed by atoms with van der Waals surface area (Å²) in [4.78, 5) is 0. The van der Waals surface area contributed by atoms with Crippen molar-refractivity contribution in [2.24, 2.45) is 10.8 Å². The van der Waals surface area contributed by atoms with Gasteiger partial charge in [0, 0.05) is 36.1 Å². The summed E-state index contributed by atoms with van der Waals surface area (Å²) in [6.07, 6.45) is 6.19. The molecule has 0 saturated carbocycles. The smallest absolute Gasteiger partial charge is 0.0990 e. The molecule has 152 valence electrons. The van der Waals surface area contributed by atoms with E-state index in [-0.39, 0.29) is 6.17 Å². The van der Waals surface area contributed by atoms with Gasteiger partial charge in [-0.1, -0.05) is 60.7 Å². The molecule has 0 radical (unpaired) electrons. The van der Waals surface area contributed by atoms with Crippen molar-refractivity contribution in [3.63, 3.8) is 0 Å². The van der Waals surface area contributed by atoms with Gasteiger partial charge in [-0.2, -0.15) is 5.10 Å². The largest absolute Gasteiger partial charge is 0.359 e. The summed E-state index contributed by atoms with van der Waals surface area (Å²) in [5.41, 5.74) is 11.3. The molecular weight excluding hydrogens is 380 g/mol. The lowest BCUT2D eigenvalue weighted by Crippen LogP contribution is -2.36. The summed E-state index contributed by atoms with van der Waals surface area (Å²) < 4.78 is 0. The predicted octanol–water partition coefficient (Wildman–Crippen LogP) is 5.91. The van der Waals surface area contributed by atoms with Gasteiger partial charge in [-0.3, -0.25) is 5.01 Å². The third kappa shape index (κ3) is 7.98. The van der Waals surface area contributed by atoms with Crippen LogP contribution >= 0.6 is 11.6 Å². The zero-order chi connectivity index (χ0) is 21.2. The molecule has 2 aromatic carbocycles. The third-order valence-corrected chi connectivity index (χ3v) is 4.59. The summed E-state index contributed by atoms with van der Waals surface area (Å²) in [5, 5.41) is 10.2. The Labute approximate surface area is 179 Å². The van der Waals surface area contributed by atoms with Crippen molar-refractivity contribution >= 4 is 29.1 Å². The average molecular weight is 409 g/mol. The Morgan fingerprint density at radius 1 is 1.17 bits per heavy atom. The number of allylic oxidation sites excluding steroid dienone is 4. The Balaban J connectivity index is 1.89. The maximum absolute atomic E-state index is 6.24. The van der Waals surface area contributed by atoms with Crippen LogP contribution in [0.3, 0.4) is 0 Å². The minimum atomic E-state index is -0.272. The second-order valence-corrected chi connectivity index (χ2v) is 7.39. The monoisotopic (exact) mass is 408 g/mol. The SMILES string of the molecule is C=C(CC(N)N(C)/N=C/C(C)=C/C=C(\C)c1cccc(Cl)c1)Nc1ccccc1. The number of para-hydroxylation sites is 1. The van der Waals surface area contributed by atoms with Crippen LogP contribution in [0.1, 0.15) is 25.8 Å².